The highest BCUT2D eigenvalue weighted by Crippen LogP contribution is 2.57. The molecule has 3 aromatic rings. The summed E-state index contributed by atoms with van der Waals surface area (Å²) < 4.78 is 17.1. The Balaban J connectivity index is 1.24. The molecule has 0 saturated carbocycles. The topological polar surface area (TPSA) is 119 Å². The van der Waals surface area contributed by atoms with Gasteiger partial charge in [-0.3, -0.25) is 24.1 Å². The second-order valence-corrected chi connectivity index (χ2v) is 14.5. The summed E-state index contributed by atoms with van der Waals surface area (Å²) in [6.07, 6.45) is 7.59. The number of aromatic hydroxyl groups is 1. The number of amides is 2. The Bertz CT molecular complexity index is 2160. The molecule has 1 heterocycles. The van der Waals surface area contributed by atoms with Crippen LogP contribution in [0.15, 0.2) is 91.9 Å². The van der Waals surface area contributed by atoms with Crippen molar-refractivity contribution >= 4 is 73.1 Å². The third-order valence-corrected chi connectivity index (χ3v) is 12.5. The van der Waals surface area contributed by atoms with Crippen molar-refractivity contribution in [1.29, 1.82) is 0 Å². The number of ether oxygens (including phenoxy) is 3. The summed E-state index contributed by atoms with van der Waals surface area (Å²) in [5.41, 5.74) is 4.55. The number of methoxy groups -OCH3 is 3. The van der Waals surface area contributed by atoms with Gasteiger partial charge in [-0.2, -0.15) is 0 Å². The van der Waals surface area contributed by atoms with Crippen LogP contribution in [0.25, 0.3) is 12.2 Å². The molecule has 3 aromatic carbocycles. The van der Waals surface area contributed by atoms with Crippen molar-refractivity contribution in [3.63, 3.8) is 0 Å². The van der Waals surface area contributed by atoms with E-state index in [0.29, 0.717) is 54.8 Å². The van der Waals surface area contributed by atoms with Gasteiger partial charge in [-0.1, -0.05) is 35.9 Å². The average Bonchev–Trinajstić information content (AvgIpc) is 3.40. The quantitative estimate of drug-likeness (QED) is 0.111. The minimum Gasteiger partial charge on any atom is -0.503 e. The van der Waals surface area contributed by atoms with Crippen LogP contribution in [0.5, 0.6) is 23.0 Å². The SMILES string of the molecule is COc1ccc(OC)c(C=Cc2ccc(N3C(=O)[C@H]4[C@H](CC=C5[C@H](c6cc(OC)c(O)c(Br)c6Br)C6=C(C[C@H]54)C(=O)C(C)=CC6=O)C3=O)cc2)c1. The van der Waals surface area contributed by atoms with E-state index >= 15 is 0 Å². The number of imide groups is 1. The standard InChI is InChI=1S/C40H33Br2NO8/c1-19-15-29(44)34-28(37(19)45)17-26-24(32(34)27-18-31(51-4)38(46)36(42)35(27)41)12-13-25-33(26)40(48)43(39(25)47)22-9-6-20(7-10-22)5-8-21-16-23(49-2)11-14-30(21)50-3/h5-12,14-16,18,25-26,32-33,46H,13,17H2,1-4H3/t25-,26+,32+,33-/m0/s1. The van der Waals surface area contributed by atoms with Gasteiger partial charge in [0, 0.05) is 32.7 Å². The number of Topliss-reactive ketones (excluding diaryl/α,β-unsaturated/α-hetero) is 1. The van der Waals surface area contributed by atoms with Crippen molar-refractivity contribution in [2.24, 2.45) is 17.8 Å². The van der Waals surface area contributed by atoms with Gasteiger partial charge in [-0.25, -0.2) is 0 Å². The second-order valence-electron chi connectivity index (χ2n) is 12.9. The number of rotatable bonds is 7. The van der Waals surface area contributed by atoms with Gasteiger partial charge in [0.2, 0.25) is 11.8 Å². The first-order chi connectivity index (χ1) is 24.5. The fourth-order valence-electron chi connectivity index (χ4n) is 7.86. The predicted octanol–water partition coefficient (Wildman–Crippen LogP) is 7.75. The summed E-state index contributed by atoms with van der Waals surface area (Å²) in [7, 11) is 4.63. The molecule has 9 nitrogen and oxygen atoms in total. The summed E-state index contributed by atoms with van der Waals surface area (Å²) in [5.74, 6) is -2.29. The molecule has 0 aromatic heterocycles. The number of phenolic OH excluding ortho intramolecular Hbond substituents is 1. The predicted molar refractivity (Wildman–Crippen MR) is 199 cm³/mol. The number of nitrogens with zero attached hydrogens (tertiary/aromatic N) is 1. The number of anilines is 1. The highest BCUT2D eigenvalue weighted by molar-refractivity contribution is 9.13. The van der Waals surface area contributed by atoms with Gasteiger partial charge in [0.15, 0.2) is 23.1 Å². The first kappa shape index (κ1) is 34.7. The summed E-state index contributed by atoms with van der Waals surface area (Å²) in [6.45, 7) is 1.61. The maximum Gasteiger partial charge on any atom is 0.238 e. The summed E-state index contributed by atoms with van der Waals surface area (Å²) in [4.78, 5) is 57.1. The molecule has 1 fully saturated rings. The van der Waals surface area contributed by atoms with Crippen LogP contribution in [-0.4, -0.2) is 49.8 Å². The molecule has 3 aliphatic carbocycles. The molecule has 260 valence electrons. The number of hydrogen-bond acceptors (Lipinski definition) is 8. The number of benzene rings is 3. The molecule has 0 unspecified atom stereocenters. The number of allylic oxidation sites excluding steroid dienone is 6. The van der Waals surface area contributed by atoms with Crippen LogP contribution < -0.4 is 19.1 Å². The zero-order chi connectivity index (χ0) is 36.3. The van der Waals surface area contributed by atoms with Crippen LogP contribution in [0.3, 0.4) is 0 Å². The molecular formula is C40H33Br2NO8. The van der Waals surface area contributed by atoms with E-state index in [1.165, 1.54) is 18.1 Å². The molecule has 0 bridgehead atoms. The van der Waals surface area contributed by atoms with Gasteiger partial charge in [0.05, 0.1) is 43.3 Å². The lowest BCUT2D eigenvalue weighted by molar-refractivity contribution is -0.123. The maximum absolute atomic E-state index is 14.4. The molecule has 0 spiro atoms. The number of phenols is 1. The molecule has 4 atom stereocenters. The van der Waals surface area contributed by atoms with Crippen LogP contribution in [-0.2, 0) is 19.2 Å². The van der Waals surface area contributed by atoms with Gasteiger partial charge in [0.1, 0.15) is 11.5 Å². The monoisotopic (exact) mass is 813 g/mol. The third kappa shape index (κ3) is 5.67. The van der Waals surface area contributed by atoms with Gasteiger partial charge >= 0.3 is 0 Å². The summed E-state index contributed by atoms with van der Waals surface area (Å²) >= 11 is 7.04. The van der Waals surface area contributed by atoms with Crippen LogP contribution >= 0.6 is 31.9 Å². The van der Waals surface area contributed by atoms with Crippen molar-refractivity contribution in [1.82, 2.24) is 0 Å². The molecule has 1 aliphatic heterocycles. The molecule has 4 aliphatic rings. The van der Waals surface area contributed by atoms with Gasteiger partial charge in [-0.05, 0) is 111 Å². The molecule has 1 saturated heterocycles. The Morgan fingerprint density at radius 3 is 2.25 bits per heavy atom. The lowest BCUT2D eigenvalue weighted by Gasteiger charge is -2.42. The van der Waals surface area contributed by atoms with Crippen molar-refractivity contribution in [2.75, 3.05) is 26.2 Å². The fraction of sp³-hybridized carbons (Fsp3) is 0.250. The van der Waals surface area contributed by atoms with Crippen molar-refractivity contribution in [3.8, 4) is 23.0 Å². The largest absolute Gasteiger partial charge is 0.503 e. The van der Waals surface area contributed by atoms with E-state index in [2.05, 4.69) is 31.9 Å². The van der Waals surface area contributed by atoms with E-state index in [1.54, 1.807) is 39.3 Å². The van der Waals surface area contributed by atoms with Crippen LogP contribution in [0.1, 0.15) is 42.4 Å². The average molecular weight is 816 g/mol. The van der Waals surface area contributed by atoms with E-state index in [1.807, 2.05) is 48.6 Å². The summed E-state index contributed by atoms with van der Waals surface area (Å²) in [5, 5.41) is 10.7. The molecule has 1 N–H and O–H groups in total. The Labute approximate surface area is 311 Å². The van der Waals surface area contributed by atoms with Crippen molar-refractivity contribution in [2.45, 2.75) is 25.7 Å². The van der Waals surface area contributed by atoms with E-state index in [9.17, 15) is 24.3 Å². The normalized spacial score (nSPS) is 22.8. The van der Waals surface area contributed by atoms with Gasteiger partial charge in [0.25, 0.3) is 0 Å². The Morgan fingerprint density at radius 1 is 0.843 bits per heavy atom. The lowest BCUT2D eigenvalue weighted by atomic mass is 9.59. The third-order valence-electron chi connectivity index (χ3n) is 10.3. The molecule has 2 amide bonds. The fourth-order valence-corrected chi connectivity index (χ4v) is 8.81. The number of ketones is 2. The zero-order valence-corrected chi connectivity index (χ0v) is 31.3. The number of carbonyl (C=O) groups excluding carboxylic acids is 4. The highest BCUT2D eigenvalue weighted by atomic mass is 79.9. The molecular weight excluding hydrogens is 782 g/mol. The zero-order valence-electron chi connectivity index (χ0n) is 28.2. The molecule has 11 heteroatoms. The van der Waals surface area contributed by atoms with E-state index in [-0.39, 0.29) is 41.3 Å². The van der Waals surface area contributed by atoms with Crippen LogP contribution in [0.4, 0.5) is 5.69 Å². The minimum absolute atomic E-state index is 0.122. The molecule has 0 radical (unpaired) electrons. The molecule has 51 heavy (non-hydrogen) atoms. The maximum atomic E-state index is 14.4. The smallest absolute Gasteiger partial charge is 0.238 e. The Morgan fingerprint density at radius 2 is 1.57 bits per heavy atom. The first-order valence-electron chi connectivity index (χ1n) is 16.3. The Hall–Kier alpha value is -4.74. The number of halogens is 2. The van der Waals surface area contributed by atoms with E-state index in [0.717, 1.165) is 16.7 Å². The number of hydrogen-bond donors (Lipinski definition) is 1. The first-order valence-corrected chi connectivity index (χ1v) is 17.9. The highest BCUT2D eigenvalue weighted by Gasteiger charge is 2.57. The molecule has 7 rings (SSSR count). The summed E-state index contributed by atoms with van der Waals surface area (Å²) in [6, 6.07) is 14.4. The second kappa shape index (κ2) is 13.4. The Kier molecular flexibility index (Phi) is 9.14. The van der Waals surface area contributed by atoms with Gasteiger partial charge < -0.3 is 19.3 Å². The van der Waals surface area contributed by atoms with Gasteiger partial charge in [-0.15, -0.1) is 0 Å². The van der Waals surface area contributed by atoms with E-state index < -0.39 is 23.7 Å². The number of carbonyl (C=O) groups is 4. The van der Waals surface area contributed by atoms with Crippen LogP contribution in [0, 0.1) is 17.8 Å². The van der Waals surface area contributed by atoms with E-state index in [4.69, 9.17) is 14.2 Å². The number of fused-ring (bicyclic) bond motifs is 3. The van der Waals surface area contributed by atoms with Crippen LogP contribution in [0.2, 0.25) is 0 Å². The lowest BCUT2D eigenvalue weighted by Crippen LogP contribution is -2.40. The van der Waals surface area contributed by atoms with Crippen molar-refractivity contribution < 1.29 is 38.5 Å². The van der Waals surface area contributed by atoms with Crippen molar-refractivity contribution in [3.05, 3.63) is 109 Å². The minimum atomic E-state index is -0.732.